The second-order valence-corrected chi connectivity index (χ2v) is 6.21. The van der Waals surface area contributed by atoms with Gasteiger partial charge in [-0.2, -0.15) is 4.39 Å². The van der Waals surface area contributed by atoms with Crippen LogP contribution in [0.25, 0.3) is 0 Å². The minimum atomic E-state index is -1.48. The number of pyridine rings is 1. The zero-order valence-electron chi connectivity index (χ0n) is 11.4. The van der Waals surface area contributed by atoms with Crippen molar-refractivity contribution in [2.75, 3.05) is 11.6 Å². The van der Waals surface area contributed by atoms with Crippen LogP contribution in [0.2, 0.25) is 0 Å². The molecule has 7 heteroatoms. The summed E-state index contributed by atoms with van der Waals surface area (Å²) < 4.78 is 42.7. The third-order valence-electron chi connectivity index (χ3n) is 2.32. The van der Waals surface area contributed by atoms with E-state index in [9.17, 15) is 13.3 Å². The van der Waals surface area contributed by atoms with E-state index < -0.39 is 23.1 Å². The maximum atomic E-state index is 13.7. The summed E-state index contributed by atoms with van der Waals surface area (Å²) in [4.78, 5) is 3.51. The fraction of sp³-hybridized carbons (Fsp3) is 0.538. The van der Waals surface area contributed by atoms with E-state index in [2.05, 4.69) is 9.38 Å². The van der Waals surface area contributed by atoms with E-state index in [-0.39, 0.29) is 17.3 Å². The number of nitrogens with zero attached hydrogens (tertiary/aromatic N) is 2. The SMILES string of the molecule is CC(C)C[S+]([O-])N=C(CCCCl)c1nc(F)ccc1F. The van der Waals surface area contributed by atoms with Gasteiger partial charge in [-0.25, -0.2) is 9.37 Å². The van der Waals surface area contributed by atoms with Gasteiger partial charge >= 0.3 is 0 Å². The number of rotatable bonds is 7. The normalized spacial score (nSPS) is 13.8. The molecule has 0 bridgehead atoms. The minimum Gasteiger partial charge on any atom is -0.591 e. The first-order chi connectivity index (χ1) is 9.43. The summed E-state index contributed by atoms with van der Waals surface area (Å²) in [5.41, 5.74) is 0.00820. The van der Waals surface area contributed by atoms with Crippen LogP contribution in [0.3, 0.4) is 0 Å². The minimum absolute atomic E-state index is 0.188. The fourth-order valence-electron chi connectivity index (χ4n) is 1.51. The zero-order chi connectivity index (χ0) is 15.1. The molecule has 0 amide bonds. The van der Waals surface area contributed by atoms with Gasteiger partial charge in [-0.1, -0.05) is 18.2 Å². The van der Waals surface area contributed by atoms with Gasteiger partial charge in [-0.3, -0.25) is 0 Å². The van der Waals surface area contributed by atoms with E-state index in [4.69, 9.17) is 11.6 Å². The average Bonchev–Trinajstić information content (AvgIpc) is 2.36. The van der Waals surface area contributed by atoms with Crippen LogP contribution in [0.1, 0.15) is 32.4 Å². The summed E-state index contributed by atoms with van der Waals surface area (Å²) in [6.07, 6.45) is 0.831. The van der Waals surface area contributed by atoms with E-state index in [1.807, 2.05) is 13.8 Å². The van der Waals surface area contributed by atoms with Gasteiger partial charge < -0.3 is 4.55 Å². The standard InChI is InChI=1S/C13H17ClF2N2OS/c1-9(2)8-20(19)18-11(4-3-7-14)13-10(15)5-6-12(16)17-13/h5-6,9H,3-4,7-8H2,1-2H3. The third-order valence-corrected chi connectivity index (χ3v) is 3.96. The Hall–Kier alpha value is -0.720. The molecule has 0 fully saturated rings. The third kappa shape index (κ3) is 5.73. The average molecular weight is 323 g/mol. The Bertz CT molecular complexity index is 472. The highest BCUT2D eigenvalue weighted by atomic mass is 35.5. The number of hydrogen-bond acceptors (Lipinski definition) is 3. The van der Waals surface area contributed by atoms with Crippen molar-refractivity contribution in [3.8, 4) is 0 Å². The summed E-state index contributed by atoms with van der Waals surface area (Å²) in [6.45, 7) is 3.82. The zero-order valence-corrected chi connectivity index (χ0v) is 13.0. The molecule has 20 heavy (non-hydrogen) atoms. The molecule has 1 aromatic rings. The number of alkyl halides is 1. The molecule has 0 saturated heterocycles. The van der Waals surface area contributed by atoms with Gasteiger partial charge in [0.2, 0.25) is 5.95 Å². The van der Waals surface area contributed by atoms with Crippen LogP contribution in [0, 0.1) is 17.7 Å². The second kappa shape index (κ2) is 8.54. The molecule has 1 unspecified atom stereocenters. The highest BCUT2D eigenvalue weighted by Crippen LogP contribution is 2.14. The molecule has 0 saturated carbocycles. The Morgan fingerprint density at radius 2 is 2.15 bits per heavy atom. The van der Waals surface area contributed by atoms with Gasteiger partial charge in [-0.15, -0.1) is 11.6 Å². The van der Waals surface area contributed by atoms with Gasteiger partial charge in [-0.05, 0) is 25.0 Å². The molecular weight excluding hydrogens is 306 g/mol. The molecule has 0 aliphatic carbocycles. The van der Waals surface area contributed by atoms with Crippen molar-refractivity contribution >= 4 is 28.7 Å². The van der Waals surface area contributed by atoms with Gasteiger partial charge in [0.25, 0.3) is 0 Å². The lowest BCUT2D eigenvalue weighted by molar-refractivity contribution is 0.556. The second-order valence-electron chi connectivity index (χ2n) is 4.68. The summed E-state index contributed by atoms with van der Waals surface area (Å²) in [5.74, 6) is -0.566. The lowest BCUT2D eigenvalue weighted by atomic mass is 10.1. The Kier molecular flexibility index (Phi) is 7.40. The first-order valence-corrected chi connectivity index (χ1v) is 8.09. The number of aromatic nitrogens is 1. The topological polar surface area (TPSA) is 48.3 Å². The van der Waals surface area contributed by atoms with Crippen molar-refractivity contribution in [1.29, 1.82) is 0 Å². The lowest BCUT2D eigenvalue weighted by Gasteiger charge is -2.10. The van der Waals surface area contributed by atoms with Crippen molar-refractivity contribution in [3.05, 3.63) is 29.6 Å². The van der Waals surface area contributed by atoms with Gasteiger partial charge in [0.05, 0.1) is 11.4 Å². The van der Waals surface area contributed by atoms with Crippen LogP contribution in [0.4, 0.5) is 8.78 Å². The Balaban J connectivity index is 3.04. The van der Waals surface area contributed by atoms with E-state index in [1.165, 1.54) is 0 Å². The molecule has 3 nitrogen and oxygen atoms in total. The van der Waals surface area contributed by atoms with E-state index in [1.54, 1.807) is 0 Å². The molecule has 0 aliphatic heterocycles. The molecule has 0 aliphatic rings. The van der Waals surface area contributed by atoms with Crippen molar-refractivity contribution < 1.29 is 13.3 Å². The molecular formula is C13H17ClF2N2OS. The summed E-state index contributed by atoms with van der Waals surface area (Å²) >= 11 is 4.12. The maximum Gasteiger partial charge on any atom is 0.213 e. The molecule has 0 radical (unpaired) electrons. The fourth-order valence-corrected chi connectivity index (χ4v) is 2.71. The first kappa shape index (κ1) is 17.3. The van der Waals surface area contributed by atoms with Crippen LogP contribution < -0.4 is 0 Å². The van der Waals surface area contributed by atoms with Crippen molar-refractivity contribution in [2.24, 2.45) is 10.3 Å². The summed E-state index contributed by atoms with van der Waals surface area (Å²) in [7, 11) is 0. The first-order valence-electron chi connectivity index (χ1n) is 6.28. The van der Waals surface area contributed by atoms with Crippen molar-refractivity contribution in [3.63, 3.8) is 0 Å². The van der Waals surface area contributed by atoms with Crippen LogP contribution >= 0.6 is 11.6 Å². The lowest BCUT2D eigenvalue weighted by Crippen LogP contribution is -2.15. The molecule has 0 aromatic carbocycles. The quantitative estimate of drug-likeness (QED) is 0.334. The van der Waals surface area contributed by atoms with Crippen LogP contribution in [-0.2, 0) is 11.4 Å². The van der Waals surface area contributed by atoms with Crippen LogP contribution in [0.5, 0.6) is 0 Å². The highest BCUT2D eigenvalue weighted by Gasteiger charge is 2.18. The van der Waals surface area contributed by atoms with E-state index in [0.717, 1.165) is 12.1 Å². The molecule has 0 N–H and O–H groups in total. The number of hydrogen-bond donors (Lipinski definition) is 0. The Morgan fingerprint density at radius 3 is 2.75 bits per heavy atom. The molecule has 112 valence electrons. The number of halogens is 3. The Morgan fingerprint density at radius 1 is 1.45 bits per heavy atom. The molecule has 1 aromatic heterocycles. The predicted molar refractivity (Wildman–Crippen MR) is 78.5 cm³/mol. The van der Waals surface area contributed by atoms with E-state index >= 15 is 0 Å². The van der Waals surface area contributed by atoms with Gasteiger partial charge in [0.15, 0.2) is 5.82 Å². The molecule has 1 rings (SSSR count). The Labute approximate surface area is 125 Å². The molecule has 1 heterocycles. The maximum absolute atomic E-state index is 13.7. The van der Waals surface area contributed by atoms with Crippen molar-refractivity contribution in [2.45, 2.75) is 26.7 Å². The van der Waals surface area contributed by atoms with E-state index in [0.29, 0.717) is 24.5 Å². The smallest absolute Gasteiger partial charge is 0.213 e. The summed E-state index contributed by atoms with van der Waals surface area (Å²) in [5, 5.41) is 0. The molecule has 1 atom stereocenters. The van der Waals surface area contributed by atoms with Gasteiger partial charge in [0.1, 0.15) is 17.2 Å². The predicted octanol–water partition coefficient (Wildman–Crippen LogP) is 3.49. The largest absolute Gasteiger partial charge is 0.591 e. The molecule has 0 spiro atoms. The highest BCUT2D eigenvalue weighted by molar-refractivity contribution is 7.90. The monoisotopic (exact) mass is 322 g/mol. The van der Waals surface area contributed by atoms with Crippen molar-refractivity contribution in [1.82, 2.24) is 4.98 Å². The summed E-state index contributed by atoms with van der Waals surface area (Å²) in [6, 6.07) is 1.92. The van der Waals surface area contributed by atoms with Crippen LogP contribution in [-0.4, -0.2) is 26.9 Å². The van der Waals surface area contributed by atoms with Crippen LogP contribution in [0.15, 0.2) is 16.5 Å². The van der Waals surface area contributed by atoms with Gasteiger partial charge in [0, 0.05) is 11.8 Å².